The van der Waals surface area contributed by atoms with Gasteiger partial charge in [0.15, 0.2) is 5.75 Å². The minimum atomic E-state index is -0.0712. The molecule has 1 aromatic carbocycles. The van der Waals surface area contributed by atoms with E-state index in [1.807, 2.05) is 6.07 Å². The van der Waals surface area contributed by atoms with Gasteiger partial charge in [0.2, 0.25) is 5.43 Å². The first-order valence-electron chi connectivity index (χ1n) is 16.0. The number of hydrogen-bond donors (Lipinski definition) is 3. The number of aromatic amines is 1. The largest absolute Gasteiger partial charge is 0.484 e. The predicted molar refractivity (Wildman–Crippen MR) is 188 cm³/mol. The first-order chi connectivity index (χ1) is 19.2. The van der Waals surface area contributed by atoms with Crippen LogP contribution in [0.5, 0.6) is 5.75 Å². The van der Waals surface area contributed by atoms with E-state index in [9.17, 15) is 4.79 Å². The number of pyridine rings is 1. The number of halogens is 3. The Hall–Kier alpha value is -1.24. The van der Waals surface area contributed by atoms with Gasteiger partial charge in [0.1, 0.15) is 6.10 Å². The van der Waals surface area contributed by atoms with Crippen LogP contribution in [0.4, 0.5) is 0 Å². The summed E-state index contributed by atoms with van der Waals surface area (Å²) in [5, 5.41) is 3.61. The van der Waals surface area contributed by atoms with E-state index in [-0.39, 0.29) is 48.8 Å². The molecule has 1 aromatic heterocycles. The second-order valence-corrected chi connectivity index (χ2v) is 11.2. The number of benzene rings is 1. The molecule has 0 spiro atoms. The molecule has 0 saturated heterocycles. The van der Waals surface area contributed by atoms with Crippen molar-refractivity contribution in [1.29, 1.82) is 0 Å². The van der Waals surface area contributed by atoms with Crippen molar-refractivity contribution in [1.82, 2.24) is 10.3 Å². The normalized spacial score (nSPS) is 12.0. The Kier molecular flexibility index (Phi) is 30.4. The van der Waals surface area contributed by atoms with E-state index >= 15 is 0 Å². The summed E-state index contributed by atoms with van der Waals surface area (Å²) >= 11 is 0. The third-order valence-electron chi connectivity index (χ3n) is 7.76. The summed E-state index contributed by atoms with van der Waals surface area (Å²) in [6.45, 7) is 4.77. The van der Waals surface area contributed by atoms with Crippen LogP contribution in [0, 0.1) is 5.92 Å². The van der Waals surface area contributed by atoms with Gasteiger partial charge in [0.05, 0.1) is 0 Å². The monoisotopic (exact) mass is 647 g/mol. The lowest BCUT2D eigenvalue weighted by atomic mass is 9.90. The first kappa shape index (κ1) is 42.9. The second-order valence-electron chi connectivity index (χ2n) is 11.2. The predicted octanol–water partition coefficient (Wildman–Crippen LogP) is 9.06. The zero-order valence-electron chi connectivity index (χ0n) is 26.0. The SMILES string of the molecule is CCCCCCCCCCCCCCCCC(CNCCCN)C(Cc1ccccc1)Oc1c[nH]ccc1=O.Cl.Cl.Cl. The average molecular weight is 649 g/mol. The van der Waals surface area contributed by atoms with Crippen molar-refractivity contribution < 1.29 is 4.74 Å². The molecule has 244 valence electrons. The topological polar surface area (TPSA) is 80.1 Å². The molecule has 5 nitrogen and oxygen atoms in total. The fraction of sp³-hybridized carbons (Fsp3) is 0.676. The Morgan fingerprint density at radius 1 is 0.786 bits per heavy atom. The molecule has 1 heterocycles. The highest BCUT2D eigenvalue weighted by Gasteiger charge is 2.24. The van der Waals surface area contributed by atoms with Crippen molar-refractivity contribution in [2.75, 3.05) is 19.6 Å². The lowest BCUT2D eigenvalue weighted by Gasteiger charge is -2.28. The minimum Gasteiger partial charge on any atom is -0.484 e. The van der Waals surface area contributed by atoms with Crippen LogP contribution in [0.3, 0.4) is 0 Å². The summed E-state index contributed by atoms with van der Waals surface area (Å²) in [5.41, 5.74) is 6.89. The Balaban J connectivity index is 0. The average Bonchev–Trinajstić information content (AvgIpc) is 2.95. The molecule has 0 amide bonds. The van der Waals surface area contributed by atoms with E-state index in [0.717, 1.165) is 32.4 Å². The quantitative estimate of drug-likeness (QED) is 0.0939. The molecule has 4 N–H and O–H groups in total. The highest BCUT2D eigenvalue weighted by atomic mass is 35.5. The Morgan fingerprint density at radius 2 is 1.36 bits per heavy atom. The van der Waals surface area contributed by atoms with E-state index in [0.29, 0.717) is 18.2 Å². The van der Waals surface area contributed by atoms with Crippen molar-refractivity contribution in [3.63, 3.8) is 0 Å². The summed E-state index contributed by atoms with van der Waals surface area (Å²) < 4.78 is 6.43. The molecule has 0 fully saturated rings. The van der Waals surface area contributed by atoms with Gasteiger partial charge in [-0.2, -0.15) is 0 Å². The molecule has 2 atom stereocenters. The van der Waals surface area contributed by atoms with Gasteiger partial charge in [-0.15, -0.1) is 37.2 Å². The Labute approximate surface area is 275 Å². The maximum Gasteiger partial charge on any atom is 0.223 e. The molecule has 2 unspecified atom stereocenters. The van der Waals surface area contributed by atoms with Crippen LogP contribution < -0.4 is 21.2 Å². The summed E-state index contributed by atoms with van der Waals surface area (Å²) in [5.74, 6) is 0.728. The maximum atomic E-state index is 12.5. The zero-order valence-corrected chi connectivity index (χ0v) is 28.5. The van der Waals surface area contributed by atoms with Crippen LogP contribution in [0.1, 0.15) is 115 Å². The fourth-order valence-electron chi connectivity index (χ4n) is 5.34. The number of unbranched alkanes of at least 4 members (excludes halogenated alkanes) is 13. The van der Waals surface area contributed by atoms with Gasteiger partial charge >= 0.3 is 0 Å². The molecular formula is C34H60Cl3N3O2. The van der Waals surface area contributed by atoms with Crippen molar-refractivity contribution in [3.8, 4) is 5.75 Å². The van der Waals surface area contributed by atoms with Gasteiger partial charge in [0.25, 0.3) is 0 Å². The number of rotatable bonds is 25. The number of H-pyrrole nitrogens is 1. The smallest absolute Gasteiger partial charge is 0.223 e. The van der Waals surface area contributed by atoms with Crippen LogP contribution >= 0.6 is 37.2 Å². The summed E-state index contributed by atoms with van der Waals surface area (Å²) in [4.78, 5) is 15.5. The van der Waals surface area contributed by atoms with Crippen molar-refractivity contribution in [2.24, 2.45) is 11.7 Å². The van der Waals surface area contributed by atoms with Crippen LogP contribution in [0.15, 0.2) is 53.6 Å². The van der Waals surface area contributed by atoms with E-state index in [1.165, 1.54) is 102 Å². The molecule has 2 rings (SSSR count). The Morgan fingerprint density at radius 3 is 1.90 bits per heavy atom. The minimum absolute atomic E-state index is 0. The van der Waals surface area contributed by atoms with Crippen molar-refractivity contribution in [2.45, 2.75) is 122 Å². The highest BCUT2D eigenvalue weighted by Crippen LogP contribution is 2.22. The van der Waals surface area contributed by atoms with E-state index in [2.05, 4.69) is 41.5 Å². The van der Waals surface area contributed by atoms with Crippen molar-refractivity contribution >= 4 is 37.2 Å². The third-order valence-corrected chi connectivity index (χ3v) is 7.76. The summed E-state index contributed by atoms with van der Waals surface area (Å²) in [7, 11) is 0. The maximum absolute atomic E-state index is 12.5. The molecule has 0 saturated carbocycles. The van der Waals surface area contributed by atoms with E-state index < -0.39 is 0 Å². The molecule has 0 aliphatic rings. The third kappa shape index (κ3) is 20.6. The standard InChI is InChI=1S/C34H57N3O2.3ClH/c1-2-3-4-5-6-7-8-9-10-11-12-13-14-18-22-31(28-36-25-19-24-35)33(27-30-20-16-15-17-21-30)39-34-29-37-26-23-32(34)38;;;/h15-17,20-21,23,26,29,31,33,36H,2-14,18-19,22,24-25,27-28,35H2,1H3,(H,37,38);3*1H. The second kappa shape index (κ2) is 29.8. The lowest BCUT2D eigenvalue weighted by molar-refractivity contribution is 0.122. The first-order valence-corrected chi connectivity index (χ1v) is 16.0. The molecule has 0 aliphatic carbocycles. The molecule has 2 aromatic rings. The van der Waals surface area contributed by atoms with Crippen LogP contribution in [0.25, 0.3) is 0 Å². The Bertz CT molecular complexity index is 886. The van der Waals surface area contributed by atoms with Gasteiger partial charge in [0, 0.05) is 37.3 Å². The van der Waals surface area contributed by atoms with E-state index in [1.54, 1.807) is 12.4 Å². The molecular weight excluding hydrogens is 589 g/mol. The van der Waals surface area contributed by atoms with Gasteiger partial charge in [-0.1, -0.05) is 127 Å². The number of nitrogens with two attached hydrogens (primary N) is 1. The molecule has 0 aliphatic heterocycles. The van der Waals surface area contributed by atoms with Crippen LogP contribution in [-0.2, 0) is 6.42 Å². The zero-order chi connectivity index (χ0) is 27.8. The van der Waals surface area contributed by atoms with Gasteiger partial charge in [-0.3, -0.25) is 4.79 Å². The number of ether oxygens (including phenoxy) is 1. The fourth-order valence-corrected chi connectivity index (χ4v) is 5.34. The van der Waals surface area contributed by atoms with Gasteiger partial charge in [-0.25, -0.2) is 0 Å². The lowest BCUT2D eigenvalue weighted by Crippen LogP contribution is -2.38. The summed E-state index contributed by atoms with van der Waals surface area (Å²) in [6, 6.07) is 12.0. The van der Waals surface area contributed by atoms with Gasteiger partial charge < -0.3 is 20.8 Å². The van der Waals surface area contributed by atoms with Crippen molar-refractivity contribution in [3.05, 3.63) is 64.6 Å². The summed E-state index contributed by atoms with van der Waals surface area (Å²) in [6.07, 6.45) is 25.3. The highest BCUT2D eigenvalue weighted by molar-refractivity contribution is 5.86. The van der Waals surface area contributed by atoms with E-state index in [4.69, 9.17) is 10.5 Å². The van der Waals surface area contributed by atoms with Crippen LogP contribution in [-0.4, -0.2) is 30.7 Å². The molecule has 8 heteroatoms. The number of aromatic nitrogens is 1. The number of hydrogen-bond acceptors (Lipinski definition) is 4. The molecule has 42 heavy (non-hydrogen) atoms. The molecule has 0 radical (unpaired) electrons. The number of nitrogens with one attached hydrogen (secondary N) is 2. The molecule has 0 bridgehead atoms. The van der Waals surface area contributed by atoms with Gasteiger partial charge in [-0.05, 0) is 31.5 Å². The van der Waals surface area contributed by atoms with Crippen LogP contribution in [0.2, 0.25) is 0 Å².